The maximum Gasteiger partial charge on any atom is 0.405 e. The van der Waals surface area contributed by atoms with Crippen LogP contribution >= 0.6 is 0 Å². The van der Waals surface area contributed by atoms with Crippen LogP contribution in [0.4, 0.5) is 18.9 Å². The van der Waals surface area contributed by atoms with E-state index in [1.54, 1.807) is 24.3 Å². The first-order valence-corrected chi connectivity index (χ1v) is 9.89. The first-order valence-electron chi connectivity index (χ1n) is 9.89. The lowest BCUT2D eigenvalue weighted by Gasteiger charge is -2.33. The Kier molecular flexibility index (Phi) is 8.66. The van der Waals surface area contributed by atoms with Gasteiger partial charge in [0.25, 0.3) is 0 Å². The minimum Gasteiger partial charge on any atom is -0.495 e. The van der Waals surface area contributed by atoms with E-state index in [-0.39, 0.29) is 25.4 Å². The topological polar surface area (TPSA) is 105 Å². The monoisotopic (exact) mass is 444 g/mol. The number of para-hydroxylation sites is 2. The van der Waals surface area contributed by atoms with Crippen molar-refractivity contribution in [1.29, 1.82) is 0 Å². The number of anilines is 1. The third kappa shape index (κ3) is 7.74. The number of amides is 3. The number of alkyl halides is 3. The van der Waals surface area contributed by atoms with Gasteiger partial charge in [-0.2, -0.15) is 13.2 Å². The lowest BCUT2D eigenvalue weighted by Crippen LogP contribution is -2.47. The molecule has 172 valence electrons. The molecule has 0 spiro atoms. The Bertz CT molecular complexity index is 780. The van der Waals surface area contributed by atoms with Gasteiger partial charge in [0.2, 0.25) is 17.7 Å². The highest BCUT2D eigenvalue weighted by Crippen LogP contribution is 2.28. The molecule has 8 nitrogen and oxygen atoms in total. The number of nitrogens with one attached hydrogen (secondary N) is 1. The first kappa shape index (κ1) is 24.4. The van der Waals surface area contributed by atoms with E-state index >= 15 is 0 Å². The summed E-state index contributed by atoms with van der Waals surface area (Å²) in [6, 6.07) is 6.90. The summed E-state index contributed by atoms with van der Waals surface area (Å²) in [6.45, 7) is -0.437. The number of ether oxygens (including phenoxy) is 1. The Balaban J connectivity index is 1.96. The summed E-state index contributed by atoms with van der Waals surface area (Å²) < 4.78 is 42.1. The van der Waals surface area contributed by atoms with E-state index in [9.17, 15) is 27.6 Å². The van der Waals surface area contributed by atoms with Gasteiger partial charge >= 0.3 is 6.18 Å². The van der Waals surface area contributed by atoms with Crippen LogP contribution in [0, 0.1) is 5.92 Å². The van der Waals surface area contributed by atoms with Crippen LogP contribution in [0.2, 0.25) is 0 Å². The average Bonchev–Trinajstić information content (AvgIpc) is 2.72. The smallest absolute Gasteiger partial charge is 0.405 e. The van der Waals surface area contributed by atoms with E-state index in [2.05, 4.69) is 0 Å². The Morgan fingerprint density at radius 3 is 2.45 bits per heavy atom. The van der Waals surface area contributed by atoms with Crippen molar-refractivity contribution in [3.8, 4) is 5.75 Å². The largest absolute Gasteiger partial charge is 0.495 e. The fourth-order valence-electron chi connectivity index (χ4n) is 3.42. The van der Waals surface area contributed by atoms with Crippen molar-refractivity contribution in [3.05, 3.63) is 24.3 Å². The lowest BCUT2D eigenvalue weighted by molar-refractivity contribution is -0.141. The number of nitrogens with two attached hydrogens (primary N) is 1. The molecule has 2 rings (SSSR count). The second-order valence-corrected chi connectivity index (χ2v) is 7.32. The molecule has 3 N–H and O–H groups in total. The van der Waals surface area contributed by atoms with Crippen molar-refractivity contribution < 1.29 is 32.3 Å². The number of benzene rings is 1. The summed E-state index contributed by atoms with van der Waals surface area (Å²) in [7, 11) is 1.48. The van der Waals surface area contributed by atoms with Gasteiger partial charge in [-0.15, -0.1) is 0 Å². The van der Waals surface area contributed by atoms with E-state index in [0.717, 1.165) is 0 Å². The zero-order valence-electron chi connectivity index (χ0n) is 17.3. The summed E-state index contributed by atoms with van der Waals surface area (Å²) >= 11 is 0. The van der Waals surface area contributed by atoms with Crippen molar-refractivity contribution >= 4 is 23.4 Å². The standard InChI is InChI=1S/C20H27F3N4O4/c1-31-16-5-3-2-4-15(16)27(11-8-17(24)28)18(29)12-26-9-6-14(7-10-26)19(30)25-13-20(21,22)23/h2-5,14H,6-13H2,1H3,(H2,24,28)(H,25,30). The van der Waals surface area contributed by atoms with Gasteiger partial charge in [-0.25, -0.2) is 0 Å². The van der Waals surface area contributed by atoms with Crippen molar-refractivity contribution in [1.82, 2.24) is 10.2 Å². The molecule has 11 heteroatoms. The molecule has 0 aliphatic carbocycles. The van der Waals surface area contributed by atoms with E-state index in [0.29, 0.717) is 37.4 Å². The van der Waals surface area contributed by atoms with Crippen molar-refractivity contribution in [2.24, 2.45) is 11.7 Å². The quantitative estimate of drug-likeness (QED) is 0.597. The summed E-state index contributed by atoms with van der Waals surface area (Å²) in [4.78, 5) is 39.4. The molecule has 0 atom stereocenters. The molecule has 1 aliphatic heterocycles. The molecule has 0 unspecified atom stereocenters. The molecule has 0 saturated carbocycles. The number of likely N-dealkylation sites (tertiary alicyclic amines) is 1. The maximum absolute atomic E-state index is 13.0. The van der Waals surface area contributed by atoms with Gasteiger partial charge in [0.05, 0.1) is 19.3 Å². The minimum atomic E-state index is -4.45. The average molecular weight is 444 g/mol. The third-order valence-electron chi connectivity index (χ3n) is 5.04. The molecule has 31 heavy (non-hydrogen) atoms. The van der Waals surface area contributed by atoms with Crippen LogP contribution in [0.5, 0.6) is 5.75 Å². The summed E-state index contributed by atoms with van der Waals surface area (Å²) in [5.74, 6) is -1.49. The van der Waals surface area contributed by atoms with Crippen molar-refractivity contribution in [2.45, 2.75) is 25.4 Å². The van der Waals surface area contributed by atoms with Gasteiger partial charge in [0.1, 0.15) is 12.3 Å². The summed E-state index contributed by atoms with van der Waals surface area (Å²) in [6.07, 6.45) is -3.76. The molecule has 1 aromatic carbocycles. The van der Waals surface area contributed by atoms with E-state index in [1.165, 1.54) is 12.0 Å². The number of nitrogens with zero attached hydrogens (tertiary/aromatic N) is 2. The Hall–Kier alpha value is -2.82. The molecular weight excluding hydrogens is 417 g/mol. The Morgan fingerprint density at radius 1 is 1.23 bits per heavy atom. The molecule has 1 fully saturated rings. The lowest BCUT2D eigenvalue weighted by atomic mass is 9.96. The fraction of sp³-hybridized carbons (Fsp3) is 0.550. The molecule has 1 aromatic rings. The molecular formula is C20H27F3N4O4. The molecule has 0 bridgehead atoms. The second-order valence-electron chi connectivity index (χ2n) is 7.32. The second kappa shape index (κ2) is 11.0. The number of piperidine rings is 1. The van der Waals surface area contributed by atoms with Gasteiger partial charge < -0.3 is 20.7 Å². The van der Waals surface area contributed by atoms with Crippen LogP contribution in [0.1, 0.15) is 19.3 Å². The number of primary amides is 1. The number of carbonyl (C=O) groups excluding carboxylic acids is 3. The van der Waals surface area contributed by atoms with E-state index in [4.69, 9.17) is 10.5 Å². The fourth-order valence-corrected chi connectivity index (χ4v) is 3.42. The minimum absolute atomic E-state index is 0.0226. The molecule has 3 amide bonds. The SMILES string of the molecule is COc1ccccc1N(CCC(N)=O)C(=O)CN1CCC(C(=O)NCC(F)(F)F)CC1. The predicted molar refractivity (Wildman–Crippen MR) is 107 cm³/mol. The Labute approximate surface area is 178 Å². The van der Waals surface area contributed by atoms with Crippen LogP contribution in [-0.2, 0) is 14.4 Å². The third-order valence-corrected chi connectivity index (χ3v) is 5.04. The number of halogens is 3. The number of hydrogen-bond donors (Lipinski definition) is 2. The number of carbonyl (C=O) groups is 3. The van der Waals surface area contributed by atoms with Crippen molar-refractivity contribution in [3.63, 3.8) is 0 Å². The molecule has 1 aliphatic rings. The zero-order chi connectivity index (χ0) is 23.0. The van der Waals surface area contributed by atoms with E-state index in [1.807, 2.05) is 10.2 Å². The maximum atomic E-state index is 13.0. The van der Waals surface area contributed by atoms with Crippen LogP contribution in [0.15, 0.2) is 24.3 Å². The Morgan fingerprint density at radius 2 is 1.87 bits per heavy atom. The van der Waals surface area contributed by atoms with Crippen molar-refractivity contribution in [2.75, 3.05) is 44.7 Å². The molecule has 0 aromatic heterocycles. The number of rotatable bonds is 9. The van der Waals surface area contributed by atoms with Crippen LogP contribution < -0.4 is 20.7 Å². The highest BCUT2D eigenvalue weighted by atomic mass is 19.4. The first-order chi connectivity index (χ1) is 14.6. The predicted octanol–water partition coefficient (Wildman–Crippen LogP) is 1.29. The zero-order valence-corrected chi connectivity index (χ0v) is 17.3. The highest BCUT2D eigenvalue weighted by Gasteiger charge is 2.32. The van der Waals surface area contributed by atoms with Gasteiger partial charge in [0.15, 0.2) is 0 Å². The van der Waals surface area contributed by atoms with Crippen LogP contribution in [0.25, 0.3) is 0 Å². The van der Waals surface area contributed by atoms with Gasteiger partial charge in [-0.1, -0.05) is 12.1 Å². The molecule has 1 heterocycles. The molecule has 1 saturated heterocycles. The summed E-state index contributed by atoms with van der Waals surface area (Å²) in [5, 5.41) is 1.91. The number of hydrogen-bond acceptors (Lipinski definition) is 5. The van der Waals surface area contributed by atoms with Crippen LogP contribution in [0.3, 0.4) is 0 Å². The normalized spacial score (nSPS) is 15.4. The van der Waals surface area contributed by atoms with Crippen LogP contribution in [-0.4, -0.2) is 68.6 Å². The van der Waals surface area contributed by atoms with Gasteiger partial charge in [-0.05, 0) is 38.1 Å². The highest BCUT2D eigenvalue weighted by molar-refractivity contribution is 5.96. The summed E-state index contributed by atoms with van der Waals surface area (Å²) in [5.41, 5.74) is 5.75. The van der Waals surface area contributed by atoms with Gasteiger partial charge in [-0.3, -0.25) is 19.3 Å². The molecule has 0 radical (unpaired) electrons. The van der Waals surface area contributed by atoms with Gasteiger partial charge in [0, 0.05) is 18.9 Å². The van der Waals surface area contributed by atoms with E-state index < -0.39 is 30.5 Å². The number of methoxy groups -OCH3 is 1.